The number of hydrogen-bond donors (Lipinski definition) is 1. The summed E-state index contributed by atoms with van der Waals surface area (Å²) in [6.07, 6.45) is 3.91. The van der Waals surface area contributed by atoms with E-state index in [0.29, 0.717) is 37.7 Å². The highest BCUT2D eigenvalue weighted by Crippen LogP contribution is 2.35. The van der Waals surface area contributed by atoms with Crippen molar-refractivity contribution in [1.29, 1.82) is 0 Å². The molecule has 0 aliphatic heterocycles. The van der Waals surface area contributed by atoms with Crippen molar-refractivity contribution in [3.63, 3.8) is 0 Å². The molecule has 1 N–H and O–H groups in total. The molecule has 7 nitrogen and oxygen atoms in total. The minimum atomic E-state index is -0.134. The number of nitrogens with zero attached hydrogens (tertiary/aromatic N) is 2. The SMILES string of the molecule is CCc1nc(-c2cc3c(cc2OC)CCC3)n(CC)c(=O)c1NC(COC)COC. The monoisotopic (exact) mass is 415 g/mol. The molecule has 2 aromatic rings. The van der Waals surface area contributed by atoms with Crippen molar-refractivity contribution in [1.82, 2.24) is 9.55 Å². The van der Waals surface area contributed by atoms with Gasteiger partial charge in [0.2, 0.25) is 0 Å². The summed E-state index contributed by atoms with van der Waals surface area (Å²) in [7, 11) is 4.94. The van der Waals surface area contributed by atoms with Crippen molar-refractivity contribution in [2.24, 2.45) is 0 Å². The number of ether oxygens (including phenoxy) is 3. The number of benzene rings is 1. The van der Waals surface area contributed by atoms with Crippen molar-refractivity contribution < 1.29 is 14.2 Å². The van der Waals surface area contributed by atoms with E-state index in [1.807, 2.05) is 13.8 Å². The zero-order valence-corrected chi connectivity index (χ0v) is 18.7. The number of methoxy groups -OCH3 is 3. The molecule has 1 aliphatic carbocycles. The number of anilines is 1. The number of nitrogens with one attached hydrogen (secondary N) is 1. The molecule has 0 unspecified atom stereocenters. The molecule has 1 heterocycles. The van der Waals surface area contributed by atoms with Crippen LogP contribution in [0.1, 0.15) is 37.1 Å². The normalized spacial score (nSPS) is 13.0. The largest absolute Gasteiger partial charge is 0.496 e. The Kier molecular flexibility index (Phi) is 7.50. The number of aryl methyl sites for hydroxylation is 3. The Morgan fingerprint density at radius 1 is 1.10 bits per heavy atom. The van der Waals surface area contributed by atoms with Crippen LogP contribution in [-0.4, -0.2) is 50.1 Å². The van der Waals surface area contributed by atoms with Gasteiger partial charge in [0.15, 0.2) is 0 Å². The topological polar surface area (TPSA) is 74.6 Å². The zero-order chi connectivity index (χ0) is 21.7. The molecule has 1 aromatic heterocycles. The summed E-state index contributed by atoms with van der Waals surface area (Å²) in [6, 6.07) is 4.13. The fraction of sp³-hybridized carbons (Fsp3) is 0.565. The van der Waals surface area contributed by atoms with Gasteiger partial charge in [-0.05, 0) is 55.9 Å². The lowest BCUT2D eigenvalue weighted by Gasteiger charge is -2.22. The van der Waals surface area contributed by atoms with E-state index in [1.54, 1.807) is 25.9 Å². The van der Waals surface area contributed by atoms with Crippen LogP contribution in [0.25, 0.3) is 11.4 Å². The van der Waals surface area contributed by atoms with Gasteiger partial charge in [0.1, 0.15) is 17.3 Å². The van der Waals surface area contributed by atoms with Gasteiger partial charge in [-0.15, -0.1) is 0 Å². The second kappa shape index (κ2) is 10.1. The predicted molar refractivity (Wildman–Crippen MR) is 119 cm³/mol. The van der Waals surface area contributed by atoms with E-state index in [2.05, 4.69) is 17.4 Å². The smallest absolute Gasteiger partial charge is 0.277 e. The van der Waals surface area contributed by atoms with Crippen molar-refractivity contribution >= 4 is 5.69 Å². The Morgan fingerprint density at radius 3 is 2.33 bits per heavy atom. The minimum Gasteiger partial charge on any atom is -0.496 e. The Hall–Kier alpha value is -2.38. The van der Waals surface area contributed by atoms with E-state index in [0.717, 1.165) is 36.3 Å². The Bertz CT molecular complexity index is 933. The lowest BCUT2D eigenvalue weighted by atomic mass is 10.0. The Labute approximate surface area is 178 Å². The summed E-state index contributed by atoms with van der Waals surface area (Å²) in [6.45, 7) is 5.35. The molecule has 0 saturated carbocycles. The van der Waals surface area contributed by atoms with Gasteiger partial charge in [0.25, 0.3) is 5.56 Å². The molecule has 0 spiro atoms. The lowest BCUT2D eigenvalue weighted by molar-refractivity contribution is 0.126. The van der Waals surface area contributed by atoms with Crippen LogP contribution in [0.5, 0.6) is 5.75 Å². The first kappa shape index (κ1) is 22.3. The van der Waals surface area contributed by atoms with E-state index >= 15 is 0 Å². The summed E-state index contributed by atoms with van der Waals surface area (Å²) in [5, 5.41) is 3.32. The van der Waals surface area contributed by atoms with E-state index < -0.39 is 0 Å². The van der Waals surface area contributed by atoms with Crippen LogP contribution in [0.4, 0.5) is 5.69 Å². The molecule has 30 heavy (non-hydrogen) atoms. The first-order chi connectivity index (χ1) is 14.6. The highest BCUT2D eigenvalue weighted by Gasteiger charge is 2.23. The lowest BCUT2D eigenvalue weighted by Crippen LogP contribution is -2.35. The number of rotatable bonds is 10. The van der Waals surface area contributed by atoms with E-state index in [9.17, 15) is 4.79 Å². The van der Waals surface area contributed by atoms with Gasteiger partial charge in [-0.1, -0.05) is 6.92 Å². The van der Waals surface area contributed by atoms with E-state index in [-0.39, 0.29) is 11.6 Å². The van der Waals surface area contributed by atoms with Gasteiger partial charge in [-0.2, -0.15) is 0 Å². The van der Waals surface area contributed by atoms with Crippen LogP contribution >= 0.6 is 0 Å². The molecular formula is C23H33N3O4. The van der Waals surface area contributed by atoms with Crippen LogP contribution in [0.3, 0.4) is 0 Å². The Morgan fingerprint density at radius 2 is 1.77 bits per heavy atom. The van der Waals surface area contributed by atoms with Crippen molar-refractivity contribution in [2.45, 2.75) is 52.1 Å². The third-order valence-electron chi connectivity index (χ3n) is 5.63. The van der Waals surface area contributed by atoms with E-state index in [1.165, 1.54) is 11.1 Å². The quantitative estimate of drug-likeness (QED) is 0.643. The average Bonchev–Trinajstić information content (AvgIpc) is 3.21. The molecule has 164 valence electrons. The molecule has 0 fully saturated rings. The van der Waals surface area contributed by atoms with Crippen LogP contribution in [0.2, 0.25) is 0 Å². The maximum Gasteiger partial charge on any atom is 0.277 e. The summed E-state index contributed by atoms with van der Waals surface area (Å²) in [4.78, 5) is 18.4. The summed E-state index contributed by atoms with van der Waals surface area (Å²) in [5.74, 6) is 1.43. The predicted octanol–water partition coefficient (Wildman–Crippen LogP) is 3.06. The van der Waals surface area contributed by atoms with Gasteiger partial charge >= 0.3 is 0 Å². The fourth-order valence-corrected chi connectivity index (χ4v) is 4.18. The molecule has 3 rings (SSSR count). The van der Waals surface area contributed by atoms with Gasteiger partial charge in [-0.3, -0.25) is 9.36 Å². The highest BCUT2D eigenvalue weighted by atomic mass is 16.5. The second-order valence-corrected chi connectivity index (χ2v) is 7.59. The number of aromatic nitrogens is 2. The van der Waals surface area contributed by atoms with Crippen LogP contribution in [-0.2, 0) is 35.3 Å². The molecule has 0 amide bonds. The van der Waals surface area contributed by atoms with Gasteiger partial charge < -0.3 is 19.5 Å². The maximum atomic E-state index is 13.5. The molecule has 1 aromatic carbocycles. The van der Waals surface area contributed by atoms with Crippen LogP contribution < -0.4 is 15.6 Å². The van der Waals surface area contributed by atoms with Gasteiger partial charge in [0, 0.05) is 20.8 Å². The molecular weight excluding hydrogens is 382 g/mol. The summed E-state index contributed by atoms with van der Waals surface area (Å²) >= 11 is 0. The third-order valence-corrected chi connectivity index (χ3v) is 5.63. The first-order valence-corrected chi connectivity index (χ1v) is 10.7. The highest BCUT2D eigenvalue weighted by molar-refractivity contribution is 5.69. The molecule has 7 heteroatoms. The van der Waals surface area contributed by atoms with Crippen molar-refractivity contribution in [3.8, 4) is 17.1 Å². The summed E-state index contributed by atoms with van der Waals surface area (Å²) < 4.78 is 18.0. The standard InChI is InChI=1S/C23H33N3O4/c1-6-19-21(24-17(13-28-3)14-29-4)23(27)26(7-2)22(25-19)18-11-15-9-8-10-16(15)12-20(18)30-5/h11-12,17,24H,6-10,13-14H2,1-5H3. The zero-order valence-electron chi connectivity index (χ0n) is 18.7. The maximum absolute atomic E-state index is 13.5. The molecule has 0 radical (unpaired) electrons. The summed E-state index contributed by atoms with van der Waals surface area (Å²) in [5.41, 5.74) is 4.70. The first-order valence-electron chi connectivity index (χ1n) is 10.7. The van der Waals surface area contributed by atoms with Crippen LogP contribution in [0.15, 0.2) is 16.9 Å². The average molecular weight is 416 g/mol. The number of hydrogen-bond acceptors (Lipinski definition) is 6. The molecule has 1 aliphatic rings. The third kappa shape index (κ3) is 4.37. The second-order valence-electron chi connectivity index (χ2n) is 7.59. The Balaban J connectivity index is 2.14. The van der Waals surface area contributed by atoms with Gasteiger partial charge in [0.05, 0.1) is 37.6 Å². The minimum absolute atomic E-state index is 0.0842. The molecule has 0 saturated heterocycles. The van der Waals surface area contributed by atoms with Gasteiger partial charge in [-0.25, -0.2) is 4.98 Å². The van der Waals surface area contributed by atoms with Crippen molar-refractivity contribution in [2.75, 3.05) is 39.9 Å². The van der Waals surface area contributed by atoms with Crippen molar-refractivity contribution in [3.05, 3.63) is 39.3 Å². The molecule has 0 atom stereocenters. The van der Waals surface area contributed by atoms with E-state index in [4.69, 9.17) is 19.2 Å². The fourth-order valence-electron chi connectivity index (χ4n) is 4.18. The number of fused-ring (bicyclic) bond motifs is 1. The van der Waals surface area contributed by atoms with Crippen LogP contribution in [0, 0.1) is 0 Å². The molecule has 0 bridgehead atoms.